The molecule has 0 bridgehead atoms. The lowest BCUT2D eigenvalue weighted by Crippen LogP contribution is -2.45. The van der Waals surface area contributed by atoms with Gasteiger partial charge in [-0.1, -0.05) is 371 Å². The minimum Gasteiger partial charge on any atom is -0.466 e. The number of hydrogen-bond donors (Lipinski definition) is 3. The van der Waals surface area contributed by atoms with Crippen molar-refractivity contribution in [2.24, 2.45) is 0 Å². The molecule has 0 rings (SSSR count). The van der Waals surface area contributed by atoms with Gasteiger partial charge in [0, 0.05) is 12.8 Å². The van der Waals surface area contributed by atoms with Gasteiger partial charge in [-0.05, 0) is 64.2 Å². The summed E-state index contributed by atoms with van der Waals surface area (Å²) in [6.45, 7) is 4.94. The molecule has 0 aromatic carbocycles. The number of esters is 1. The van der Waals surface area contributed by atoms with Gasteiger partial charge in [0.15, 0.2) is 0 Å². The summed E-state index contributed by atoms with van der Waals surface area (Å²) in [6, 6.07) is -0.637. The molecule has 0 radical (unpaired) electrons. The van der Waals surface area contributed by atoms with E-state index in [0.717, 1.165) is 57.8 Å². The maximum Gasteiger partial charge on any atom is 0.305 e. The third-order valence-electron chi connectivity index (χ3n) is 17.4. The van der Waals surface area contributed by atoms with E-state index < -0.39 is 12.1 Å². The van der Waals surface area contributed by atoms with E-state index in [1.807, 2.05) is 6.08 Å². The van der Waals surface area contributed by atoms with Crippen LogP contribution >= 0.6 is 0 Å². The van der Waals surface area contributed by atoms with Crippen LogP contribution in [0.4, 0.5) is 0 Å². The summed E-state index contributed by atoms with van der Waals surface area (Å²) in [7, 11) is 0. The van der Waals surface area contributed by atoms with Crippen LogP contribution in [0.2, 0.25) is 0 Å². The molecule has 6 heteroatoms. The first-order chi connectivity index (χ1) is 40.5. The average molecular weight is 1150 g/mol. The number of allylic oxidation sites excluding steroid dienone is 5. The van der Waals surface area contributed by atoms with Crippen LogP contribution in [0, 0.1) is 0 Å². The highest BCUT2D eigenvalue weighted by atomic mass is 16.5. The van der Waals surface area contributed by atoms with E-state index in [1.165, 1.54) is 327 Å². The molecule has 6 nitrogen and oxygen atoms in total. The SMILES string of the molecule is CCCCCCCCCCCCCCCCCCCCCCC/C=C/C(O)C(CO)NC(=O)CCCCCCCCC/C=C\C/C=C\CCCCCCCCCCCOC(=O)CCCCCCCCCCCCCCCCCCCCC. The maximum absolute atomic E-state index is 12.5. The number of carbonyl (C=O) groups excluding carboxylic acids is 2. The quantitative estimate of drug-likeness (QED) is 0.0320. The molecular formula is C76H145NO5. The summed E-state index contributed by atoms with van der Waals surface area (Å²) in [5.74, 6) is -0.0623. The van der Waals surface area contributed by atoms with E-state index >= 15 is 0 Å². The summed E-state index contributed by atoms with van der Waals surface area (Å²) in [5, 5.41) is 23.3. The van der Waals surface area contributed by atoms with Gasteiger partial charge in [-0.2, -0.15) is 0 Å². The van der Waals surface area contributed by atoms with Crippen molar-refractivity contribution in [3.05, 3.63) is 36.5 Å². The molecule has 0 aromatic heterocycles. The third kappa shape index (κ3) is 67.2. The van der Waals surface area contributed by atoms with Crippen molar-refractivity contribution in [3.63, 3.8) is 0 Å². The van der Waals surface area contributed by atoms with Crippen molar-refractivity contribution in [1.82, 2.24) is 5.32 Å². The van der Waals surface area contributed by atoms with Crippen LogP contribution in [0.3, 0.4) is 0 Å². The molecule has 2 atom stereocenters. The van der Waals surface area contributed by atoms with Gasteiger partial charge in [-0.15, -0.1) is 0 Å². The number of aliphatic hydroxyl groups is 2. The molecule has 1 amide bonds. The minimum absolute atomic E-state index is 0.0121. The van der Waals surface area contributed by atoms with Crippen molar-refractivity contribution in [1.29, 1.82) is 0 Å². The predicted molar refractivity (Wildman–Crippen MR) is 361 cm³/mol. The Morgan fingerprint density at radius 3 is 0.927 bits per heavy atom. The summed E-state index contributed by atoms with van der Waals surface area (Å²) in [4.78, 5) is 24.7. The third-order valence-corrected chi connectivity index (χ3v) is 17.4. The number of unbranched alkanes of at least 4 members (excludes halogenated alkanes) is 55. The molecule has 2 unspecified atom stereocenters. The summed E-state index contributed by atoms with van der Waals surface area (Å²) >= 11 is 0. The summed E-state index contributed by atoms with van der Waals surface area (Å²) < 4.78 is 5.51. The molecule has 82 heavy (non-hydrogen) atoms. The molecular weight excluding hydrogens is 1010 g/mol. The summed E-state index contributed by atoms with van der Waals surface area (Å²) in [5.41, 5.74) is 0. The van der Waals surface area contributed by atoms with Gasteiger partial charge in [0.1, 0.15) is 0 Å². The first-order valence-electron chi connectivity index (χ1n) is 37.3. The lowest BCUT2D eigenvalue weighted by molar-refractivity contribution is -0.143. The van der Waals surface area contributed by atoms with E-state index in [2.05, 4.69) is 43.5 Å². The van der Waals surface area contributed by atoms with E-state index in [1.54, 1.807) is 6.08 Å². The Balaban J connectivity index is 3.45. The Bertz CT molecular complexity index is 1330. The van der Waals surface area contributed by atoms with Crippen molar-refractivity contribution in [2.75, 3.05) is 13.2 Å². The molecule has 0 saturated carbocycles. The fraction of sp³-hybridized carbons (Fsp3) is 0.895. The largest absolute Gasteiger partial charge is 0.466 e. The second-order valence-electron chi connectivity index (χ2n) is 25.6. The second kappa shape index (κ2) is 71.6. The molecule has 3 N–H and O–H groups in total. The number of ether oxygens (including phenoxy) is 1. The number of amides is 1. The number of carbonyl (C=O) groups is 2. The van der Waals surface area contributed by atoms with Crippen LogP contribution in [0.25, 0.3) is 0 Å². The number of rotatable bonds is 70. The van der Waals surface area contributed by atoms with Crippen LogP contribution < -0.4 is 5.32 Å². The highest BCUT2D eigenvalue weighted by molar-refractivity contribution is 5.76. The van der Waals surface area contributed by atoms with Crippen LogP contribution in [-0.2, 0) is 14.3 Å². The molecule has 0 aliphatic heterocycles. The molecule has 0 aromatic rings. The second-order valence-corrected chi connectivity index (χ2v) is 25.6. The van der Waals surface area contributed by atoms with Gasteiger partial charge in [-0.3, -0.25) is 9.59 Å². The summed E-state index contributed by atoms with van der Waals surface area (Å²) in [6.07, 6.45) is 92.3. The first kappa shape index (κ1) is 80.1. The first-order valence-corrected chi connectivity index (χ1v) is 37.3. The van der Waals surface area contributed by atoms with Crippen molar-refractivity contribution in [3.8, 4) is 0 Å². The predicted octanol–water partition coefficient (Wildman–Crippen LogP) is 24.3. The van der Waals surface area contributed by atoms with Gasteiger partial charge < -0.3 is 20.3 Å². The standard InChI is InChI=1S/C76H145NO5/c1-3-5-7-9-11-13-15-17-19-21-23-24-26-29-33-36-40-44-48-52-56-60-64-68-74(79)73(72-78)77-75(80)69-65-61-57-53-49-45-41-37-34-30-27-25-28-31-35-39-43-47-51-55-59-63-67-71-82-76(81)70-66-62-58-54-50-46-42-38-32-22-20-18-16-14-12-10-8-6-4-2/h25,28,30,34,64,68,73-74,78-79H,3-24,26-27,29,31-33,35-63,65-67,69-72H2,1-2H3,(H,77,80)/b28-25-,34-30-,68-64+. The van der Waals surface area contributed by atoms with E-state index in [-0.39, 0.29) is 18.5 Å². The Morgan fingerprint density at radius 2 is 0.610 bits per heavy atom. The highest BCUT2D eigenvalue weighted by Gasteiger charge is 2.18. The molecule has 0 aliphatic rings. The molecule has 0 aliphatic carbocycles. The van der Waals surface area contributed by atoms with Gasteiger partial charge in [0.25, 0.3) is 0 Å². The Labute approximate surface area is 513 Å². The Hall–Kier alpha value is -1.92. The van der Waals surface area contributed by atoms with Gasteiger partial charge in [-0.25, -0.2) is 0 Å². The fourth-order valence-electron chi connectivity index (χ4n) is 11.7. The van der Waals surface area contributed by atoms with Crippen molar-refractivity contribution >= 4 is 11.9 Å². The fourth-order valence-corrected chi connectivity index (χ4v) is 11.7. The normalized spacial score (nSPS) is 12.7. The van der Waals surface area contributed by atoms with Gasteiger partial charge >= 0.3 is 5.97 Å². The number of hydrogen-bond acceptors (Lipinski definition) is 5. The number of aliphatic hydroxyl groups excluding tert-OH is 2. The van der Waals surface area contributed by atoms with E-state index in [9.17, 15) is 19.8 Å². The Morgan fingerprint density at radius 1 is 0.341 bits per heavy atom. The van der Waals surface area contributed by atoms with Crippen molar-refractivity contribution < 1.29 is 24.5 Å². The Kier molecular flexibility index (Phi) is 69.9. The van der Waals surface area contributed by atoms with E-state index in [4.69, 9.17) is 4.74 Å². The topological polar surface area (TPSA) is 95.9 Å². The molecule has 0 saturated heterocycles. The van der Waals surface area contributed by atoms with Crippen LogP contribution in [0.15, 0.2) is 36.5 Å². The lowest BCUT2D eigenvalue weighted by atomic mass is 10.0. The lowest BCUT2D eigenvalue weighted by Gasteiger charge is -2.20. The maximum atomic E-state index is 12.5. The van der Waals surface area contributed by atoms with Crippen LogP contribution in [0.5, 0.6) is 0 Å². The van der Waals surface area contributed by atoms with Crippen molar-refractivity contribution in [2.45, 2.75) is 424 Å². The molecule has 0 spiro atoms. The zero-order chi connectivity index (χ0) is 59.2. The molecule has 0 fully saturated rings. The highest BCUT2D eigenvalue weighted by Crippen LogP contribution is 2.19. The van der Waals surface area contributed by atoms with Crippen LogP contribution in [0.1, 0.15) is 412 Å². The zero-order valence-electron chi connectivity index (χ0n) is 55.5. The van der Waals surface area contributed by atoms with E-state index in [0.29, 0.717) is 19.4 Å². The smallest absolute Gasteiger partial charge is 0.305 e. The van der Waals surface area contributed by atoms with Crippen LogP contribution in [-0.4, -0.2) is 47.4 Å². The zero-order valence-corrected chi connectivity index (χ0v) is 55.5. The molecule has 484 valence electrons. The monoisotopic (exact) mass is 1150 g/mol. The average Bonchev–Trinajstić information content (AvgIpc) is 3.48. The minimum atomic E-state index is -0.853. The van der Waals surface area contributed by atoms with Gasteiger partial charge in [0.05, 0.1) is 25.4 Å². The number of nitrogens with one attached hydrogen (secondary N) is 1. The van der Waals surface area contributed by atoms with Gasteiger partial charge in [0.2, 0.25) is 5.91 Å². The molecule has 0 heterocycles.